The van der Waals surface area contributed by atoms with E-state index in [1.807, 2.05) is 5.38 Å². The van der Waals surface area contributed by atoms with Crippen molar-refractivity contribution in [1.29, 1.82) is 0 Å². The van der Waals surface area contributed by atoms with Gasteiger partial charge in [-0.25, -0.2) is 9.37 Å². The van der Waals surface area contributed by atoms with E-state index in [1.54, 1.807) is 23.5 Å². The normalized spacial score (nSPS) is 11.8. The Kier molecular flexibility index (Phi) is 2.80. The topological polar surface area (TPSA) is 12.9 Å². The van der Waals surface area contributed by atoms with Gasteiger partial charge in [-0.1, -0.05) is 20.8 Å². The molecule has 84 valence electrons. The van der Waals surface area contributed by atoms with Crippen LogP contribution in [0.5, 0.6) is 0 Å². The van der Waals surface area contributed by atoms with Crippen molar-refractivity contribution in [1.82, 2.24) is 4.98 Å². The number of benzene rings is 1. The minimum Gasteiger partial charge on any atom is -0.241 e. The van der Waals surface area contributed by atoms with Crippen LogP contribution in [0.2, 0.25) is 0 Å². The first-order chi connectivity index (χ1) is 7.47. The molecule has 16 heavy (non-hydrogen) atoms. The lowest BCUT2D eigenvalue weighted by atomic mass is 9.98. The van der Waals surface area contributed by atoms with E-state index in [9.17, 15) is 4.39 Å². The fraction of sp³-hybridized carbons (Fsp3) is 0.308. The maximum absolute atomic E-state index is 12.8. The van der Waals surface area contributed by atoms with Gasteiger partial charge in [0.1, 0.15) is 5.82 Å². The second-order valence-electron chi connectivity index (χ2n) is 4.79. The van der Waals surface area contributed by atoms with Gasteiger partial charge in [0.15, 0.2) is 0 Å². The predicted octanol–water partition coefficient (Wildman–Crippen LogP) is 4.25. The van der Waals surface area contributed by atoms with Gasteiger partial charge in [0.05, 0.1) is 10.7 Å². The van der Waals surface area contributed by atoms with Crippen LogP contribution in [0.4, 0.5) is 4.39 Å². The average Bonchev–Trinajstić information content (AvgIpc) is 2.67. The summed E-state index contributed by atoms with van der Waals surface area (Å²) in [4.78, 5) is 4.58. The van der Waals surface area contributed by atoms with E-state index in [0.29, 0.717) is 0 Å². The summed E-state index contributed by atoms with van der Waals surface area (Å²) in [5.74, 6) is -0.213. The van der Waals surface area contributed by atoms with Crippen molar-refractivity contribution in [3.05, 3.63) is 40.5 Å². The van der Waals surface area contributed by atoms with Crippen molar-refractivity contribution in [3.8, 4) is 11.3 Å². The minimum atomic E-state index is -0.213. The quantitative estimate of drug-likeness (QED) is 0.720. The number of rotatable bonds is 1. The van der Waals surface area contributed by atoms with E-state index in [1.165, 1.54) is 12.1 Å². The first-order valence-corrected chi connectivity index (χ1v) is 6.07. The molecule has 0 saturated heterocycles. The molecular formula is C13H14FNS. The number of thiazole rings is 1. The lowest BCUT2D eigenvalue weighted by Gasteiger charge is -2.13. The Labute approximate surface area is 99.0 Å². The van der Waals surface area contributed by atoms with Crippen LogP contribution < -0.4 is 0 Å². The molecule has 0 N–H and O–H groups in total. The molecule has 0 unspecified atom stereocenters. The maximum Gasteiger partial charge on any atom is 0.123 e. The summed E-state index contributed by atoms with van der Waals surface area (Å²) in [7, 11) is 0. The minimum absolute atomic E-state index is 0.0724. The molecule has 1 aromatic carbocycles. The molecule has 0 fully saturated rings. The van der Waals surface area contributed by atoms with Gasteiger partial charge in [0, 0.05) is 16.4 Å². The molecule has 0 amide bonds. The summed E-state index contributed by atoms with van der Waals surface area (Å²) in [5.41, 5.74) is 1.96. The third-order valence-corrected chi connectivity index (χ3v) is 3.55. The van der Waals surface area contributed by atoms with Crippen LogP contribution in [0.25, 0.3) is 11.3 Å². The largest absolute Gasteiger partial charge is 0.241 e. The van der Waals surface area contributed by atoms with Crippen LogP contribution in [0.1, 0.15) is 25.8 Å². The Morgan fingerprint density at radius 1 is 1.12 bits per heavy atom. The molecule has 0 bridgehead atoms. The van der Waals surface area contributed by atoms with Crippen LogP contribution in [0.3, 0.4) is 0 Å². The number of hydrogen-bond donors (Lipinski definition) is 0. The highest BCUT2D eigenvalue weighted by Gasteiger charge is 2.18. The van der Waals surface area contributed by atoms with Gasteiger partial charge >= 0.3 is 0 Å². The van der Waals surface area contributed by atoms with Gasteiger partial charge in [0.2, 0.25) is 0 Å². The molecule has 0 atom stereocenters. The molecule has 1 aromatic heterocycles. The molecule has 0 saturated carbocycles. The van der Waals surface area contributed by atoms with E-state index in [-0.39, 0.29) is 11.2 Å². The smallest absolute Gasteiger partial charge is 0.123 e. The molecule has 2 aromatic rings. The lowest BCUT2D eigenvalue weighted by Crippen LogP contribution is -2.10. The fourth-order valence-corrected chi connectivity index (χ4v) is 2.29. The van der Waals surface area contributed by atoms with Crippen molar-refractivity contribution in [3.63, 3.8) is 0 Å². The lowest BCUT2D eigenvalue weighted by molar-refractivity contribution is 0.586. The van der Waals surface area contributed by atoms with E-state index < -0.39 is 0 Å². The van der Waals surface area contributed by atoms with Crippen LogP contribution >= 0.6 is 11.3 Å². The fourth-order valence-electron chi connectivity index (χ4n) is 1.37. The zero-order valence-corrected chi connectivity index (χ0v) is 10.4. The molecular weight excluding hydrogens is 221 g/mol. The molecule has 1 heterocycles. The number of aromatic nitrogens is 1. The van der Waals surface area contributed by atoms with Crippen molar-refractivity contribution in [2.24, 2.45) is 0 Å². The van der Waals surface area contributed by atoms with Crippen LogP contribution in [0, 0.1) is 5.82 Å². The summed E-state index contributed by atoms with van der Waals surface area (Å²) in [5, 5.41) is 3.13. The first-order valence-electron chi connectivity index (χ1n) is 5.19. The molecule has 0 aliphatic carbocycles. The van der Waals surface area contributed by atoms with Gasteiger partial charge < -0.3 is 0 Å². The summed E-state index contributed by atoms with van der Waals surface area (Å²) >= 11 is 1.65. The van der Waals surface area contributed by atoms with E-state index >= 15 is 0 Å². The van der Waals surface area contributed by atoms with Crippen LogP contribution in [-0.4, -0.2) is 4.98 Å². The van der Waals surface area contributed by atoms with Gasteiger partial charge in [-0.3, -0.25) is 0 Å². The SMILES string of the molecule is CC(C)(C)c1nc(-c2ccc(F)cc2)cs1. The Hall–Kier alpha value is -1.22. The van der Waals surface area contributed by atoms with Gasteiger partial charge in [0.25, 0.3) is 0 Å². The third kappa shape index (κ3) is 2.30. The highest BCUT2D eigenvalue weighted by atomic mass is 32.1. The average molecular weight is 235 g/mol. The molecule has 0 aliphatic rings. The first kappa shape index (κ1) is 11.3. The van der Waals surface area contributed by atoms with Crippen molar-refractivity contribution in [2.45, 2.75) is 26.2 Å². The summed E-state index contributed by atoms with van der Waals surface area (Å²) in [6, 6.07) is 6.45. The van der Waals surface area contributed by atoms with Gasteiger partial charge in [-0.05, 0) is 24.3 Å². The van der Waals surface area contributed by atoms with E-state index in [0.717, 1.165) is 16.3 Å². The second-order valence-corrected chi connectivity index (χ2v) is 5.65. The standard InChI is InChI=1S/C13H14FNS/c1-13(2,3)12-15-11(8-16-12)9-4-6-10(14)7-5-9/h4-8H,1-3H3. The molecule has 2 rings (SSSR count). The Morgan fingerprint density at radius 2 is 1.75 bits per heavy atom. The summed E-state index contributed by atoms with van der Waals surface area (Å²) < 4.78 is 12.8. The van der Waals surface area contributed by atoms with E-state index in [2.05, 4.69) is 25.8 Å². The Balaban J connectivity index is 2.35. The molecule has 0 spiro atoms. The van der Waals surface area contributed by atoms with Crippen molar-refractivity contribution >= 4 is 11.3 Å². The summed E-state index contributed by atoms with van der Waals surface area (Å²) in [6.07, 6.45) is 0. The number of hydrogen-bond acceptors (Lipinski definition) is 2. The Bertz CT molecular complexity index is 479. The van der Waals surface area contributed by atoms with Gasteiger partial charge in [-0.2, -0.15) is 0 Å². The van der Waals surface area contributed by atoms with Crippen LogP contribution in [0.15, 0.2) is 29.6 Å². The summed E-state index contributed by atoms with van der Waals surface area (Å²) in [6.45, 7) is 6.42. The van der Waals surface area contributed by atoms with Crippen molar-refractivity contribution in [2.75, 3.05) is 0 Å². The van der Waals surface area contributed by atoms with Crippen LogP contribution in [-0.2, 0) is 5.41 Å². The zero-order chi connectivity index (χ0) is 11.8. The monoisotopic (exact) mass is 235 g/mol. The Morgan fingerprint density at radius 3 is 2.25 bits per heavy atom. The highest BCUT2D eigenvalue weighted by Crippen LogP contribution is 2.29. The highest BCUT2D eigenvalue weighted by molar-refractivity contribution is 7.10. The zero-order valence-electron chi connectivity index (χ0n) is 9.62. The molecule has 3 heteroatoms. The number of nitrogens with zero attached hydrogens (tertiary/aromatic N) is 1. The third-order valence-electron chi connectivity index (χ3n) is 2.29. The van der Waals surface area contributed by atoms with E-state index in [4.69, 9.17) is 0 Å². The van der Waals surface area contributed by atoms with Gasteiger partial charge in [-0.15, -0.1) is 11.3 Å². The molecule has 1 nitrogen and oxygen atoms in total. The molecule has 0 radical (unpaired) electrons. The maximum atomic E-state index is 12.8. The van der Waals surface area contributed by atoms with Crippen molar-refractivity contribution < 1.29 is 4.39 Å². The molecule has 0 aliphatic heterocycles. The second kappa shape index (κ2) is 3.98. The predicted molar refractivity (Wildman–Crippen MR) is 66.2 cm³/mol. The number of halogens is 1.